The van der Waals surface area contributed by atoms with E-state index in [0.717, 1.165) is 5.56 Å². The van der Waals surface area contributed by atoms with Gasteiger partial charge in [0.25, 0.3) is 0 Å². The van der Waals surface area contributed by atoms with Crippen LogP contribution in [0.3, 0.4) is 0 Å². The summed E-state index contributed by atoms with van der Waals surface area (Å²) in [6, 6.07) is 9.41. The second-order valence-corrected chi connectivity index (χ2v) is 3.32. The van der Waals surface area contributed by atoms with Gasteiger partial charge in [0.1, 0.15) is 11.4 Å². The van der Waals surface area contributed by atoms with Crippen LogP contribution in [0.2, 0.25) is 0 Å². The first-order chi connectivity index (χ1) is 7.77. The zero-order valence-corrected chi connectivity index (χ0v) is 8.46. The summed E-state index contributed by atoms with van der Waals surface area (Å²) in [6.45, 7) is 0. The molecule has 0 radical (unpaired) electrons. The summed E-state index contributed by atoms with van der Waals surface area (Å²) < 4.78 is 4.64. The molecule has 1 aromatic carbocycles. The molecular formula is C11H10N2O3. The van der Waals surface area contributed by atoms with Crippen LogP contribution in [0.15, 0.2) is 35.0 Å². The van der Waals surface area contributed by atoms with E-state index in [-0.39, 0.29) is 6.42 Å². The Hall–Kier alpha value is -2.17. The largest absolute Gasteiger partial charge is 0.481 e. The zero-order valence-electron chi connectivity index (χ0n) is 8.46. The molecule has 82 valence electrons. The van der Waals surface area contributed by atoms with Gasteiger partial charge in [-0.3, -0.25) is 4.79 Å². The fraction of sp³-hybridized carbons (Fsp3) is 0.182. The van der Waals surface area contributed by atoms with Gasteiger partial charge in [0.15, 0.2) is 0 Å². The molecule has 0 bridgehead atoms. The summed E-state index contributed by atoms with van der Waals surface area (Å²) >= 11 is 0. The minimum absolute atomic E-state index is 0.0219. The molecule has 1 aromatic heterocycles. The number of nitrogens with zero attached hydrogens (tertiary/aromatic N) is 2. The minimum Gasteiger partial charge on any atom is -0.481 e. The van der Waals surface area contributed by atoms with E-state index >= 15 is 0 Å². The molecule has 0 spiro atoms. The number of hydrogen-bond acceptors (Lipinski definition) is 4. The molecule has 0 unspecified atom stereocenters. The van der Waals surface area contributed by atoms with Gasteiger partial charge in [-0.2, -0.15) is 0 Å². The van der Waals surface area contributed by atoms with Crippen molar-refractivity contribution in [3.05, 3.63) is 36.0 Å². The lowest BCUT2D eigenvalue weighted by atomic mass is 10.1. The molecule has 0 aliphatic heterocycles. The molecule has 2 aromatic rings. The number of aromatic nitrogens is 2. The van der Waals surface area contributed by atoms with Gasteiger partial charge < -0.3 is 5.11 Å². The van der Waals surface area contributed by atoms with Gasteiger partial charge in [-0.15, -0.1) is 0 Å². The van der Waals surface area contributed by atoms with E-state index in [1.807, 2.05) is 30.3 Å². The lowest BCUT2D eigenvalue weighted by molar-refractivity contribution is -0.136. The third-order valence-corrected chi connectivity index (χ3v) is 2.18. The normalized spacial score (nSPS) is 10.2. The van der Waals surface area contributed by atoms with Crippen molar-refractivity contribution in [3.63, 3.8) is 0 Å². The molecule has 0 atom stereocenters. The average molecular weight is 218 g/mol. The summed E-state index contributed by atoms with van der Waals surface area (Å²) in [7, 11) is 0. The summed E-state index contributed by atoms with van der Waals surface area (Å²) in [5.74, 6) is -0.859. The fourth-order valence-electron chi connectivity index (χ4n) is 1.41. The Labute approximate surface area is 91.7 Å². The molecule has 0 amide bonds. The van der Waals surface area contributed by atoms with Crippen LogP contribution in [0, 0.1) is 0 Å². The summed E-state index contributed by atoms with van der Waals surface area (Å²) in [5, 5.41) is 16.1. The maximum absolute atomic E-state index is 10.5. The molecule has 16 heavy (non-hydrogen) atoms. The SMILES string of the molecule is O=C(O)CCc1nonc1-c1ccccc1. The Morgan fingerprint density at radius 1 is 1.25 bits per heavy atom. The highest BCUT2D eigenvalue weighted by Crippen LogP contribution is 2.20. The molecule has 5 nitrogen and oxygen atoms in total. The number of carbonyl (C=O) groups is 1. The average Bonchev–Trinajstić information content (AvgIpc) is 2.75. The predicted octanol–water partition coefficient (Wildman–Crippen LogP) is 1.75. The lowest BCUT2D eigenvalue weighted by Gasteiger charge is -1.97. The second-order valence-electron chi connectivity index (χ2n) is 3.32. The highest BCUT2D eigenvalue weighted by molar-refractivity contribution is 5.68. The number of hydrogen-bond donors (Lipinski definition) is 1. The molecule has 2 rings (SSSR count). The van der Waals surface area contributed by atoms with E-state index in [2.05, 4.69) is 14.9 Å². The number of aryl methyl sites for hydroxylation is 1. The van der Waals surface area contributed by atoms with E-state index in [1.165, 1.54) is 0 Å². The van der Waals surface area contributed by atoms with Gasteiger partial charge in [-0.25, -0.2) is 4.63 Å². The fourth-order valence-corrected chi connectivity index (χ4v) is 1.41. The Kier molecular flexibility index (Phi) is 2.95. The van der Waals surface area contributed by atoms with E-state index in [9.17, 15) is 4.79 Å². The van der Waals surface area contributed by atoms with Crippen LogP contribution in [0.1, 0.15) is 12.1 Å². The Morgan fingerprint density at radius 3 is 2.69 bits per heavy atom. The minimum atomic E-state index is -0.859. The second kappa shape index (κ2) is 4.57. The topological polar surface area (TPSA) is 76.2 Å². The maximum Gasteiger partial charge on any atom is 0.303 e. The van der Waals surface area contributed by atoms with Crippen LogP contribution in [0.5, 0.6) is 0 Å². The molecule has 1 heterocycles. The van der Waals surface area contributed by atoms with Gasteiger partial charge in [-0.05, 0) is 5.16 Å². The van der Waals surface area contributed by atoms with E-state index in [4.69, 9.17) is 5.11 Å². The van der Waals surface area contributed by atoms with Gasteiger partial charge in [-0.1, -0.05) is 35.5 Å². The highest BCUT2D eigenvalue weighted by Gasteiger charge is 2.12. The Balaban J connectivity index is 2.23. The molecule has 0 saturated carbocycles. The summed E-state index contributed by atoms with van der Waals surface area (Å²) in [4.78, 5) is 10.5. The monoisotopic (exact) mass is 218 g/mol. The van der Waals surface area contributed by atoms with Crippen LogP contribution in [0.25, 0.3) is 11.3 Å². The van der Waals surface area contributed by atoms with Crippen molar-refractivity contribution in [3.8, 4) is 11.3 Å². The first-order valence-corrected chi connectivity index (χ1v) is 4.86. The van der Waals surface area contributed by atoms with Gasteiger partial charge in [0, 0.05) is 12.0 Å². The molecule has 0 aliphatic carbocycles. The first-order valence-electron chi connectivity index (χ1n) is 4.86. The van der Waals surface area contributed by atoms with E-state index in [0.29, 0.717) is 17.8 Å². The standard InChI is InChI=1S/C11H10N2O3/c14-10(15)7-6-9-11(13-16-12-9)8-4-2-1-3-5-8/h1-5H,6-7H2,(H,14,15). The third-order valence-electron chi connectivity index (χ3n) is 2.18. The van der Waals surface area contributed by atoms with E-state index in [1.54, 1.807) is 0 Å². The van der Waals surface area contributed by atoms with Crippen molar-refractivity contribution >= 4 is 5.97 Å². The van der Waals surface area contributed by atoms with Crippen LogP contribution >= 0.6 is 0 Å². The van der Waals surface area contributed by atoms with Crippen molar-refractivity contribution in [2.75, 3.05) is 0 Å². The number of rotatable bonds is 4. The quantitative estimate of drug-likeness (QED) is 0.846. The summed E-state index contributed by atoms with van der Waals surface area (Å²) in [6.07, 6.45) is 0.344. The van der Waals surface area contributed by atoms with Gasteiger partial charge in [0.2, 0.25) is 0 Å². The smallest absolute Gasteiger partial charge is 0.303 e. The van der Waals surface area contributed by atoms with Crippen LogP contribution in [-0.2, 0) is 11.2 Å². The van der Waals surface area contributed by atoms with Crippen molar-refractivity contribution in [2.45, 2.75) is 12.8 Å². The van der Waals surface area contributed by atoms with Gasteiger partial charge in [0.05, 0.1) is 6.42 Å². The van der Waals surface area contributed by atoms with Crippen LogP contribution < -0.4 is 0 Å². The molecule has 0 saturated heterocycles. The van der Waals surface area contributed by atoms with Gasteiger partial charge >= 0.3 is 5.97 Å². The molecule has 0 fully saturated rings. The van der Waals surface area contributed by atoms with Crippen molar-refractivity contribution < 1.29 is 14.5 Å². The molecular weight excluding hydrogens is 208 g/mol. The first kappa shape index (κ1) is 10.4. The van der Waals surface area contributed by atoms with Crippen LogP contribution in [-0.4, -0.2) is 21.4 Å². The maximum atomic E-state index is 10.5. The molecule has 5 heteroatoms. The number of aliphatic carboxylic acids is 1. The van der Waals surface area contributed by atoms with Crippen molar-refractivity contribution in [1.82, 2.24) is 10.3 Å². The van der Waals surface area contributed by atoms with Crippen molar-refractivity contribution in [2.24, 2.45) is 0 Å². The third kappa shape index (κ3) is 2.25. The Bertz CT molecular complexity index is 479. The summed E-state index contributed by atoms with van der Waals surface area (Å²) in [5.41, 5.74) is 2.07. The Morgan fingerprint density at radius 2 is 2.00 bits per heavy atom. The number of carboxylic acid groups (broad SMARTS) is 1. The predicted molar refractivity (Wildman–Crippen MR) is 55.7 cm³/mol. The molecule has 0 aliphatic rings. The highest BCUT2D eigenvalue weighted by atomic mass is 16.6. The number of benzene rings is 1. The van der Waals surface area contributed by atoms with E-state index < -0.39 is 5.97 Å². The zero-order chi connectivity index (χ0) is 11.4. The van der Waals surface area contributed by atoms with Crippen LogP contribution in [0.4, 0.5) is 0 Å². The lowest BCUT2D eigenvalue weighted by Crippen LogP contribution is -1.98. The molecule has 1 N–H and O–H groups in total. The van der Waals surface area contributed by atoms with Crippen molar-refractivity contribution in [1.29, 1.82) is 0 Å². The number of carboxylic acids is 1.